The highest BCUT2D eigenvalue weighted by molar-refractivity contribution is 7.15. The average Bonchev–Trinajstić information content (AvgIpc) is 2.77. The first-order valence-electron chi connectivity index (χ1n) is 6.17. The number of halogens is 2. The summed E-state index contributed by atoms with van der Waals surface area (Å²) in [6.07, 6.45) is 1.84. The van der Waals surface area contributed by atoms with E-state index in [-0.39, 0.29) is 5.82 Å². The van der Waals surface area contributed by atoms with Crippen LogP contribution < -0.4 is 5.32 Å². The summed E-state index contributed by atoms with van der Waals surface area (Å²) in [5.41, 5.74) is 0.781. The van der Waals surface area contributed by atoms with E-state index in [1.807, 2.05) is 6.20 Å². The van der Waals surface area contributed by atoms with E-state index in [1.165, 1.54) is 12.1 Å². The van der Waals surface area contributed by atoms with Crippen LogP contribution in [-0.2, 0) is 6.54 Å². The van der Waals surface area contributed by atoms with Crippen LogP contribution in [0.1, 0.15) is 18.7 Å². The van der Waals surface area contributed by atoms with Crippen molar-refractivity contribution in [2.75, 3.05) is 6.54 Å². The Kier molecular flexibility index (Phi) is 4.91. The third kappa shape index (κ3) is 4.00. The van der Waals surface area contributed by atoms with Crippen molar-refractivity contribution < 1.29 is 4.39 Å². The van der Waals surface area contributed by atoms with Gasteiger partial charge in [-0.3, -0.25) is 0 Å². The first kappa shape index (κ1) is 14.4. The summed E-state index contributed by atoms with van der Waals surface area (Å²) >= 11 is 7.61. The fourth-order valence-electron chi connectivity index (χ4n) is 1.66. The zero-order valence-corrected chi connectivity index (χ0v) is 12.5. The van der Waals surface area contributed by atoms with Gasteiger partial charge in [-0.2, -0.15) is 0 Å². The monoisotopic (exact) mass is 298 g/mol. The van der Waals surface area contributed by atoms with E-state index in [9.17, 15) is 4.39 Å². The summed E-state index contributed by atoms with van der Waals surface area (Å²) in [5.74, 6) is 0.295. The molecule has 0 spiro atoms. The van der Waals surface area contributed by atoms with Gasteiger partial charge in [0.05, 0.1) is 5.02 Å². The maximum atomic E-state index is 13.0. The smallest absolute Gasteiger partial charge is 0.125 e. The largest absolute Gasteiger partial charge is 0.312 e. The Bertz CT molecular complexity index is 554. The van der Waals surface area contributed by atoms with Crippen LogP contribution in [0.5, 0.6) is 0 Å². The molecule has 0 radical (unpaired) electrons. The molecule has 1 N–H and O–H groups in total. The van der Waals surface area contributed by atoms with Gasteiger partial charge in [-0.05, 0) is 30.7 Å². The van der Waals surface area contributed by atoms with E-state index in [4.69, 9.17) is 11.6 Å². The normalized spacial score (nSPS) is 11.2. The minimum absolute atomic E-state index is 0.330. The second kappa shape index (κ2) is 6.46. The van der Waals surface area contributed by atoms with Crippen LogP contribution in [0.4, 0.5) is 4.39 Å². The molecule has 0 bridgehead atoms. The van der Waals surface area contributed by atoms with E-state index < -0.39 is 0 Å². The fraction of sp³-hybridized carbons (Fsp3) is 0.357. The van der Waals surface area contributed by atoms with Crippen LogP contribution in [0.15, 0.2) is 24.4 Å². The standard InChI is InChI=1S/C14H16ClFN2S/c1-9(2)6-17-7-11-8-18-14(19-11)12-4-3-10(16)5-13(12)15/h3-5,8-9,17H,6-7H2,1-2H3. The van der Waals surface area contributed by atoms with Crippen molar-refractivity contribution in [3.8, 4) is 10.6 Å². The van der Waals surface area contributed by atoms with Crippen LogP contribution in [0, 0.1) is 11.7 Å². The van der Waals surface area contributed by atoms with E-state index in [0.29, 0.717) is 10.9 Å². The lowest BCUT2D eigenvalue weighted by molar-refractivity contribution is 0.554. The first-order valence-corrected chi connectivity index (χ1v) is 7.36. The van der Waals surface area contributed by atoms with Crippen molar-refractivity contribution in [1.29, 1.82) is 0 Å². The molecular weight excluding hydrogens is 283 g/mol. The van der Waals surface area contributed by atoms with Crippen LogP contribution in [0.3, 0.4) is 0 Å². The van der Waals surface area contributed by atoms with E-state index in [2.05, 4.69) is 24.1 Å². The first-order chi connectivity index (χ1) is 9.06. The maximum absolute atomic E-state index is 13.0. The van der Waals surface area contributed by atoms with Gasteiger partial charge in [0.1, 0.15) is 10.8 Å². The van der Waals surface area contributed by atoms with Gasteiger partial charge in [0.25, 0.3) is 0 Å². The molecule has 0 amide bonds. The van der Waals surface area contributed by atoms with E-state index >= 15 is 0 Å². The maximum Gasteiger partial charge on any atom is 0.125 e. The molecular formula is C14H16ClFN2S. The highest BCUT2D eigenvalue weighted by Crippen LogP contribution is 2.31. The van der Waals surface area contributed by atoms with Crippen molar-refractivity contribution in [2.24, 2.45) is 5.92 Å². The molecule has 0 saturated carbocycles. The highest BCUT2D eigenvalue weighted by Gasteiger charge is 2.09. The van der Waals surface area contributed by atoms with Gasteiger partial charge in [-0.25, -0.2) is 9.37 Å². The summed E-state index contributed by atoms with van der Waals surface area (Å²) in [6.45, 7) is 6.12. The molecule has 2 nitrogen and oxygen atoms in total. The Hall–Kier alpha value is -0.970. The Morgan fingerprint density at radius 2 is 2.21 bits per heavy atom. The van der Waals surface area contributed by atoms with Gasteiger partial charge in [0.2, 0.25) is 0 Å². The highest BCUT2D eigenvalue weighted by atomic mass is 35.5. The number of thiazole rings is 1. The van der Waals surface area contributed by atoms with Gasteiger partial charge in [-0.1, -0.05) is 25.4 Å². The zero-order valence-electron chi connectivity index (χ0n) is 10.9. The molecule has 0 saturated heterocycles. The van der Waals surface area contributed by atoms with Crippen molar-refractivity contribution in [1.82, 2.24) is 10.3 Å². The van der Waals surface area contributed by atoms with E-state index in [0.717, 1.165) is 28.5 Å². The molecule has 0 aliphatic carbocycles. The summed E-state index contributed by atoms with van der Waals surface area (Å²) in [5, 5.41) is 4.59. The summed E-state index contributed by atoms with van der Waals surface area (Å²) in [4.78, 5) is 5.50. The van der Waals surface area contributed by atoms with Crippen LogP contribution >= 0.6 is 22.9 Å². The number of rotatable bonds is 5. The van der Waals surface area contributed by atoms with Gasteiger partial charge in [0, 0.05) is 23.2 Å². The lowest BCUT2D eigenvalue weighted by Gasteiger charge is -2.04. The second-order valence-corrected chi connectivity index (χ2v) is 6.30. The van der Waals surface area contributed by atoms with Gasteiger partial charge >= 0.3 is 0 Å². The Balaban J connectivity index is 2.08. The average molecular weight is 299 g/mol. The lowest BCUT2D eigenvalue weighted by Crippen LogP contribution is -2.18. The van der Waals surface area contributed by atoms with Crippen LogP contribution in [-0.4, -0.2) is 11.5 Å². The molecule has 19 heavy (non-hydrogen) atoms. The molecule has 0 atom stereocenters. The predicted molar refractivity (Wildman–Crippen MR) is 79.1 cm³/mol. The van der Waals surface area contributed by atoms with Crippen molar-refractivity contribution in [2.45, 2.75) is 20.4 Å². The molecule has 5 heteroatoms. The van der Waals surface area contributed by atoms with Crippen molar-refractivity contribution >= 4 is 22.9 Å². The SMILES string of the molecule is CC(C)CNCc1cnc(-c2ccc(F)cc2Cl)s1. The summed E-state index contributed by atoms with van der Waals surface area (Å²) in [6, 6.07) is 4.39. The molecule has 0 fully saturated rings. The second-order valence-electron chi connectivity index (χ2n) is 4.78. The molecule has 1 heterocycles. The van der Waals surface area contributed by atoms with Gasteiger partial charge < -0.3 is 5.32 Å². The molecule has 2 rings (SSSR count). The third-order valence-electron chi connectivity index (χ3n) is 2.57. The minimum atomic E-state index is -0.330. The molecule has 2 aromatic rings. The molecule has 1 aromatic carbocycles. The van der Waals surface area contributed by atoms with Crippen molar-refractivity contribution in [3.05, 3.63) is 40.1 Å². The number of hydrogen-bond acceptors (Lipinski definition) is 3. The Labute approximate surface area is 121 Å². The molecule has 0 aliphatic heterocycles. The number of hydrogen-bond donors (Lipinski definition) is 1. The third-order valence-corrected chi connectivity index (χ3v) is 3.91. The Morgan fingerprint density at radius 3 is 2.89 bits per heavy atom. The number of nitrogens with one attached hydrogen (secondary N) is 1. The predicted octanol–water partition coefficient (Wildman–Crippen LogP) is 4.35. The van der Waals surface area contributed by atoms with E-state index in [1.54, 1.807) is 17.4 Å². The molecule has 1 aromatic heterocycles. The zero-order chi connectivity index (χ0) is 13.8. The van der Waals surface area contributed by atoms with Crippen LogP contribution in [0.2, 0.25) is 5.02 Å². The molecule has 0 aliphatic rings. The van der Waals surface area contributed by atoms with Crippen LogP contribution in [0.25, 0.3) is 10.6 Å². The minimum Gasteiger partial charge on any atom is -0.312 e. The quantitative estimate of drug-likeness (QED) is 0.888. The lowest BCUT2D eigenvalue weighted by atomic mass is 10.2. The number of benzene rings is 1. The summed E-state index contributed by atoms with van der Waals surface area (Å²) in [7, 11) is 0. The Morgan fingerprint density at radius 1 is 1.42 bits per heavy atom. The van der Waals surface area contributed by atoms with Crippen molar-refractivity contribution in [3.63, 3.8) is 0 Å². The number of aromatic nitrogens is 1. The van der Waals surface area contributed by atoms with Gasteiger partial charge in [-0.15, -0.1) is 11.3 Å². The van der Waals surface area contributed by atoms with Gasteiger partial charge in [0.15, 0.2) is 0 Å². The molecule has 102 valence electrons. The number of nitrogens with zero attached hydrogens (tertiary/aromatic N) is 1. The topological polar surface area (TPSA) is 24.9 Å². The fourth-order valence-corrected chi connectivity index (χ4v) is 2.89. The molecule has 0 unspecified atom stereocenters. The summed E-state index contributed by atoms with van der Waals surface area (Å²) < 4.78 is 13.0.